The van der Waals surface area contributed by atoms with E-state index in [9.17, 15) is 4.79 Å². The molecule has 1 amide bonds. The van der Waals surface area contributed by atoms with E-state index >= 15 is 0 Å². The Kier molecular flexibility index (Phi) is 3.80. The van der Waals surface area contributed by atoms with Gasteiger partial charge in [0.25, 0.3) is 11.8 Å². The third-order valence-electron chi connectivity index (χ3n) is 4.75. The van der Waals surface area contributed by atoms with Crippen molar-refractivity contribution in [3.8, 4) is 0 Å². The minimum Gasteiger partial charge on any atom is -0.365 e. The number of piperidine rings is 1. The Morgan fingerprint density at radius 2 is 2.21 bits per heavy atom. The summed E-state index contributed by atoms with van der Waals surface area (Å²) in [5.74, 6) is 1.51. The van der Waals surface area contributed by atoms with Gasteiger partial charge in [-0.3, -0.25) is 9.78 Å². The molecule has 126 valence electrons. The number of pyridine rings is 1. The maximum Gasteiger partial charge on any atom is 0.255 e. The van der Waals surface area contributed by atoms with Gasteiger partial charge in [-0.2, -0.15) is 4.98 Å². The van der Waals surface area contributed by atoms with Crippen LogP contribution in [0.2, 0.25) is 0 Å². The number of aryl methyl sites for hydroxylation is 2. The molecule has 2 aromatic rings. The van der Waals surface area contributed by atoms with Gasteiger partial charge in [-0.05, 0) is 38.3 Å². The van der Waals surface area contributed by atoms with Crippen molar-refractivity contribution in [3.05, 3.63) is 41.3 Å². The molecule has 24 heavy (non-hydrogen) atoms. The Hall–Kier alpha value is -2.28. The average molecular weight is 328 g/mol. The number of carbonyl (C=O) groups is 1. The topological polar surface area (TPSA) is 81.4 Å². The van der Waals surface area contributed by atoms with Crippen LogP contribution in [0.3, 0.4) is 0 Å². The number of nitrogens with zero attached hydrogens (tertiary/aromatic N) is 4. The molecular weight excluding hydrogens is 308 g/mol. The van der Waals surface area contributed by atoms with Crippen molar-refractivity contribution in [2.24, 2.45) is 5.92 Å². The molecule has 0 radical (unpaired) electrons. The van der Waals surface area contributed by atoms with Crippen molar-refractivity contribution in [1.82, 2.24) is 20.0 Å². The molecule has 2 aromatic heterocycles. The van der Waals surface area contributed by atoms with Gasteiger partial charge in [-0.25, -0.2) is 0 Å². The van der Waals surface area contributed by atoms with Crippen molar-refractivity contribution in [2.45, 2.75) is 38.9 Å². The van der Waals surface area contributed by atoms with Gasteiger partial charge < -0.3 is 14.2 Å². The lowest BCUT2D eigenvalue weighted by Gasteiger charge is -2.34. The Labute approximate surface area is 140 Å². The minimum atomic E-state index is -0.156. The van der Waals surface area contributed by atoms with Crippen molar-refractivity contribution in [1.29, 1.82) is 0 Å². The number of hydrogen-bond acceptors (Lipinski definition) is 6. The number of hydrogen-bond donors (Lipinski definition) is 0. The van der Waals surface area contributed by atoms with Crippen molar-refractivity contribution < 1.29 is 14.1 Å². The molecule has 2 fully saturated rings. The Bertz CT molecular complexity index is 760. The second-order valence-electron chi connectivity index (χ2n) is 6.63. The van der Waals surface area contributed by atoms with E-state index in [1.807, 2.05) is 17.9 Å². The van der Waals surface area contributed by atoms with Crippen LogP contribution in [0.5, 0.6) is 0 Å². The molecule has 3 atom stereocenters. The second-order valence-corrected chi connectivity index (χ2v) is 6.63. The van der Waals surface area contributed by atoms with Crippen LogP contribution in [0, 0.1) is 19.8 Å². The molecule has 0 bridgehead atoms. The van der Waals surface area contributed by atoms with Crippen LogP contribution in [0.15, 0.2) is 23.0 Å². The number of fused-ring (bicyclic) bond motifs is 1. The summed E-state index contributed by atoms with van der Waals surface area (Å²) in [4.78, 5) is 23.0. The first-order valence-electron chi connectivity index (χ1n) is 8.27. The van der Waals surface area contributed by atoms with E-state index in [-0.39, 0.29) is 18.1 Å². The molecule has 4 heterocycles. The lowest BCUT2D eigenvalue weighted by molar-refractivity contribution is -0.00777. The molecule has 0 unspecified atom stereocenters. The molecule has 2 aliphatic rings. The summed E-state index contributed by atoms with van der Waals surface area (Å²) in [5.41, 5.74) is 1.64. The molecule has 0 aliphatic carbocycles. The summed E-state index contributed by atoms with van der Waals surface area (Å²) in [6, 6.07) is 1.89. The molecule has 2 aliphatic heterocycles. The highest BCUT2D eigenvalue weighted by molar-refractivity contribution is 5.94. The van der Waals surface area contributed by atoms with Crippen molar-refractivity contribution >= 4 is 5.91 Å². The minimum absolute atomic E-state index is 0.0433. The average Bonchev–Trinajstić information content (AvgIpc) is 3.19. The zero-order chi connectivity index (χ0) is 16.7. The predicted octanol–water partition coefficient (Wildman–Crippen LogP) is 2.07. The molecule has 2 saturated heterocycles. The van der Waals surface area contributed by atoms with Gasteiger partial charge in [0.05, 0.1) is 11.7 Å². The Morgan fingerprint density at radius 1 is 1.33 bits per heavy atom. The third-order valence-corrected chi connectivity index (χ3v) is 4.75. The maximum atomic E-state index is 12.7. The lowest BCUT2D eigenvalue weighted by atomic mass is 9.92. The van der Waals surface area contributed by atoms with Gasteiger partial charge in [0.2, 0.25) is 0 Å². The van der Waals surface area contributed by atoms with Crippen molar-refractivity contribution in [3.63, 3.8) is 0 Å². The van der Waals surface area contributed by atoms with E-state index in [0.717, 1.165) is 18.4 Å². The summed E-state index contributed by atoms with van der Waals surface area (Å²) in [6.07, 6.45) is 5.03. The second kappa shape index (κ2) is 5.98. The van der Waals surface area contributed by atoms with Crippen LogP contribution in [-0.4, -0.2) is 45.1 Å². The van der Waals surface area contributed by atoms with Gasteiger partial charge in [0.1, 0.15) is 6.10 Å². The summed E-state index contributed by atoms with van der Waals surface area (Å²) < 4.78 is 11.3. The van der Waals surface area contributed by atoms with E-state index in [0.29, 0.717) is 36.3 Å². The highest BCUT2D eigenvalue weighted by atomic mass is 16.5. The summed E-state index contributed by atoms with van der Waals surface area (Å²) in [6.45, 7) is 5.13. The molecule has 7 heteroatoms. The first kappa shape index (κ1) is 15.3. The first-order valence-corrected chi connectivity index (χ1v) is 8.27. The largest absolute Gasteiger partial charge is 0.365 e. The van der Waals surface area contributed by atoms with E-state index in [1.165, 1.54) is 0 Å². The molecule has 7 nitrogen and oxygen atoms in total. The smallest absolute Gasteiger partial charge is 0.255 e. The van der Waals surface area contributed by atoms with Gasteiger partial charge in [0, 0.05) is 31.4 Å². The Balaban J connectivity index is 1.45. The number of aromatic nitrogens is 3. The fourth-order valence-corrected chi connectivity index (χ4v) is 3.60. The highest BCUT2D eigenvalue weighted by Crippen LogP contribution is 2.40. The fraction of sp³-hybridized carbons (Fsp3) is 0.529. The molecule has 4 rings (SSSR count). The van der Waals surface area contributed by atoms with Crippen LogP contribution in [-0.2, 0) is 4.74 Å². The molecule has 0 aromatic carbocycles. The van der Waals surface area contributed by atoms with Gasteiger partial charge in [-0.1, -0.05) is 5.16 Å². The fourth-order valence-electron chi connectivity index (χ4n) is 3.60. The monoisotopic (exact) mass is 328 g/mol. The van der Waals surface area contributed by atoms with Gasteiger partial charge in [0.15, 0.2) is 5.82 Å². The Morgan fingerprint density at radius 3 is 2.96 bits per heavy atom. The first-order chi connectivity index (χ1) is 11.6. The zero-order valence-electron chi connectivity index (χ0n) is 13.8. The standard InChI is InChI=1S/C17H20N4O3/c1-10-5-12(8-18-7-10)17(22)21-4-3-14-13(9-21)6-15(23-14)16-19-11(2)20-24-16/h5,7-8,13-15H,3-4,6,9H2,1-2H3/t13-,14-,15+/m1/s1. The normalized spacial score (nSPS) is 26.4. The van der Waals surface area contributed by atoms with E-state index in [4.69, 9.17) is 9.26 Å². The maximum absolute atomic E-state index is 12.7. The third kappa shape index (κ3) is 2.80. The van der Waals surface area contributed by atoms with Gasteiger partial charge in [-0.15, -0.1) is 0 Å². The number of rotatable bonds is 2. The SMILES string of the molecule is Cc1cncc(C(=O)N2CC[C@H]3O[C@H](c4nc(C)no4)C[C@@H]3C2)c1. The van der Waals surface area contributed by atoms with Crippen LogP contribution in [0.1, 0.15) is 46.6 Å². The van der Waals surface area contributed by atoms with E-state index in [2.05, 4.69) is 15.1 Å². The van der Waals surface area contributed by atoms with E-state index in [1.54, 1.807) is 19.3 Å². The number of ether oxygens (including phenoxy) is 1. The van der Waals surface area contributed by atoms with E-state index < -0.39 is 0 Å². The molecule has 0 spiro atoms. The van der Waals surface area contributed by atoms with Crippen LogP contribution < -0.4 is 0 Å². The molecule has 0 saturated carbocycles. The number of carbonyl (C=O) groups excluding carboxylic acids is 1. The quantitative estimate of drug-likeness (QED) is 0.839. The van der Waals surface area contributed by atoms with Crippen LogP contribution >= 0.6 is 0 Å². The van der Waals surface area contributed by atoms with Crippen molar-refractivity contribution in [2.75, 3.05) is 13.1 Å². The summed E-state index contributed by atoms with van der Waals surface area (Å²) >= 11 is 0. The lowest BCUT2D eigenvalue weighted by Crippen LogP contribution is -2.44. The summed E-state index contributed by atoms with van der Waals surface area (Å²) in [5, 5.41) is 3.83. The highest BCUT2D eigenvalue weighted by Gasteiger charge is 2.42. The number of amides is 1. The van der Waals surface area contributed by atoms with Gasteiger partial charge >= 0.3 is 0 Å². The van der Waals surface area contributed by atoms with Crippen LogP contribution in [0.25, 0.3) is 0 Å². The number of likely N-dealkylation sites (tertiary alicyclic amines) is 1. The molecular formula is C17H20N4O3. The van der Waals surface area contributed by atoms with Crippen LogP contribution in [0.4, 0.5) is 0 Å². The zero-order valence-corrected chi connectivity index (χ0v) is 13.8. The predicted molar refractivity (Wildman–Crippen MR) is 84.3 cm³/mol. The summed E-state index contributed by atoms with van der Waals surface area (Å²) in [7, 11) is 0. The molecule has 0 N–H and O–H groups in total.